The Morgan fingerprint density at radius 2 is 2.21 bits per heavy atom. The molecule has 4 nitrogen and oxygen atoms in total. The summed E-state index contributed by atoms with van der Waals surface area (Å²) in [5, 5.41) is 0. The molecule has 3 rings (SSSR count). The van der Waals surface area contributed by atoms with E-state index in [1.165, 1.54) is 6.07 Å². The molecular formula is C14H14FN3O. The van der Waals surface area contributed by atoms with Gasteiger partial charge in [0.1, 0.15) is 11.6 Å². The van der Waals surface area contributed by atoms with Gasteiger partial charge in [0, 0.05) is 18.2 Å². The smallest absolute Gasteiger partial charge is 0.146 e. The topological polar surface area (TPSA) is 60.2 Å². The van der Waals surface area contributed by atoms with Crippen LogP contribution in [0.1, 0.15) is 22.9 Å². The monoisotopic (exact) mass is 259 g/mol. The summed E-state index contributed by atoms with van der Waals surface area (Å²) in [6, 6.07) is 8.22. The SMILES string of the molecule is NNC(c1cccc2c1OCC2)c1ncccc1F. The zero-order chi connectivity index (χ0) is 13.2. The molecule has 1 unspecified atom stereocenters. The Bertz CT molecular complexity index is 603. The highest BCUT2D eigenvalue weighted by molar-refractivity contribution is 5.47. The highest BCUT2D eigenvalue weighted by atomic mass is 19.1. The number of ether oxygens (including phenoxy) is 1. The quantitative estimate of drug-likeness (QED) is 0.650. The van der Waals surface area contributed by atoms with Crippen LogP contribution in [0.25, 0.3) is 0 Å². The minimum absolute atomic E-state index is 0.272. The molecule has 1 aromatic heterocycles. The molecule has 0 saturated carbocycles. The Labute approximate surface area is 110 Å². The van der Waals surface area contributed by atoms with E-state index >= 15 is 0 Å². The van der Waals surface area contributed by atoms with Gasteiger partial charge >= 0.3 is 0 Å². The molecule has 3 N–H and O–H groups in total. The molecule has 0 amide bonds. The van der Waals surface area contributed by atoms with Crippen LogP contribution in [0, 0.1) is 5.82 Å². The van der Waals surface area contributed by atoms with Gasteiger partial charge in [0.15, 0.2) is 0 Å². The highest BCUT2D eigenvalue weighted by Gasteiger charge is 2.25. The van der Waals surface area contributed by atoms with Crippen LogP contribution in [0.5, 0.6) is 5.75 Å². The number of aromatic nitrogens is 1. The zero-order valence-corrected chi connectivity index (χ0v) is 10.3. The molecule has 0 fully saturated rings. The van der Waals surface area contributed by atoms with E-state index in [-0.39, 0.29) is 11.5 Å². The fraction of sp³-hybridized carbons (Fsp3) is 0.214. The van der Waals surface area contributed by atoms with Gasteiger partial charge in [-0.1, -0.05) is 18.2 Å². The van der Waals surface area contributed by atoms with E-state index in [2.05, 4.69) is 10.4 Å². The van der Waals surface area contributed by atoms with Gasteiger partial charge in [-0.2, -0.15) is 0 Å². The van der Waals surface area contributed by atoms with Crippen molar-refractivity contribution < 1.29 is 9.13 Å². The van der Waals surface area contributed by atoms with E-state index < -0.39 is 6.04 Å². The van der Waals surface area contributed by atoms with Crippen LogP contribution < -0.4 is 16.0 Å². The predicted molar refractivity (Wildman–Crippen MR) is 69.0 cm³/mol. The van der Waals surface area contributed by atoms with Crippen molar-refractivity contribution in [2.75, 3.05) is 6.61 Å². The number of hydrazine groups is 1. The third-order valence-corrected chi connectivity index (χ3v) is 3.28. The van der Waals surface area contributed by atoms with Crippen LogP contribution in [0.15, 0.2) is 36.5 Å². The van der Waals surface area contributed by atoms with Crippen molar-refractivity contribution in [2.45, 2.75) is 12.5 Å². The summed E-state index contributed by atoms with van der Waals surface area (Å²) >= 11 is 0. The Kier molecular flexibility index (Phi) is 3.15. The van der Waals surface area contributed by atoms with Gasteiger partial charge < -0.3 is 4.74 Å². The van der Waals surface area contributed by atoms with Crippen molar-refractivity contribution in [1.82, 2.24) is 10.4 Å². The van der Waals surface area contributed by atoms with Crippen LogP contribution in [-0.4, -0.2) is 11.6 Å². The number of rotatable bonds is 3. The first kappa shape index (κ1) is 12.1. The molecule has 1 aromatic carbocycles. The lowest BCUT2D eigenvalue weighted by molar-refractivity contribution is 0.350. The van der Waals surface area contributed by atoms with E-state index in [9.17, 15) is 4.39 Å². The first-order valence-corrected chi connectivity index (χ1v) is 6.12. The normalized spacial score (nSPS) is 14.8. The molecule has 2 heterocycles. The van der Waals surface area contributed by atoms with Gasteiger partial charge in [-0.3, -0.25) is 10.8 Å². The van der Waals surface area contributed by atoms with E-state index in [1.54, 1.807) is 12.3 Å². The third-order valence-electron chi connectivity index (χ3n) is 3.28. The first-order chi connectivity index (χ1) is 9.31. The second kappa shape index (κ2) is 4.95. The molecule has 5 heteroatoms. The van der Waals surface area contributed by atoms with E-state index in [1.807, 2.05) is 18.2 Å². The Balaban J connectivity index is 2.09. The Morgan fingerprint density at radius 3 is 3.00 bits per heavy atom. The van der Waals surface area contributed by atoms with Crippen molar-refractivity contribution in [3.05, 3.63) is 59.2 Å². The minimum atomic E-state index is -0.519. The number of halogens is 1. The first-order valence-electron chi connectivity index (χ1n) is 6.12. The fourth-order valence-corrected chi connectivity index (χ4v) is 2.39. The molecule has 1 atom stereocenters. The van der Waals surface area contributed by atoms with Crippen LogP contribution in [-0.2, 0) is 6.42 Å². The lowest BCUT2D eigenvalue weighted by Gasteiger charge is -2.18. The Hall–Kier alpha value is -1.98. The van der Waals surface area contributed by atoms with E-state index in [0.717, 1.165) is 23.3 Å². The van der Waals surface area contributed by atoms with Crippen molar-refractivity contribution in [2.24, 2.45) is 5.84 Å². The van der Waals surface area contributed by atoms with Crippen molar-refractivity contribution in [3.63, 3.8) is 0 Å². The summed E-state index contributed by atoms with van der Waals surface area (Å²) < 4.78 is 19.5. The standard InChI is InChI=1S/C14H14FN3O/c15-11-5-2-7-17-13(11)12(18-16)10-4-1-3-9-6-8-19-14(9)10/h1-5,7,12,18H,6,8,16H2. The molecule has 0 saturated heterocycles. The summed E-state index contributed by atoms with van der Waals surface area (Å²) in [7, 11) is 0. The van der Waals surface area contributed by atoms with Gasteiger partial charge in [0.05, 0.1) is 18.3 Å². The maximum Gasteiger partial charge on any atom is 0.146 e. The predicted octanol–water partition coefficient (Wildman–Crippen LogP) is 1.71. The number of hydrogen-bond acceptors (Lipinski definition) is 4. The molecule has 19 heavy (non-hydrogen) atoms. The van der Waals surface area contributed by atoms with Gasteiger partial charge in [0.2, 0.25) is 0 Å². The average Bonchev–Trinajstić information content (AvgIpc) is 2.91. The number of pyridine rings is 1. The number of benzene rings is 1. The van der Waals surface area contributed by atoms with Gasteiger partial charge in [-0.05, 0) is 17.7 Å². The average molecular weight is 259 g/mol. The number of hydrogen-bond donors (Lipinski definition) is 2. The van der Waals surface area contributed by atoms with E-state index in [0.29, 0.717) is 6.61 Å². The number of fused-ring (bicyclic) bond motifs is 1. The maximum absolute atomic E-state index is 13.9. The summed E-state index contributed by atoms with van der Waals surface area (Å²) in [6.07, 6.45) is 2.41. The number of para-hydroxylation sites is 1. The molecule has 1 aliphatic heterocycles. The maximum atomic E-state index is 13.9. The van der Waals surface area contributed by atoms with Gasteiger partial charge in [0.25, 0.3) is 0 Å². The molecule has 0 aliphatic carbocycles. The lowest BCUT2D eigenvalue weighted by Crippen LogP contribution is -2.30. The van der Waals surface area contributed by atoms with E-state index in [4.69, 9.17) is 10.6 Å². The van der Waals surface area contributed by atoms with Crippen molar-refractivity contribution in [1.29, 1.82) is 0 Å². The molecule has 0 bridgehead atoms. The van der Waals surface area contributed by atoms with Crippen LogP contribution >= 0.6 is 0 Å². The molecule has 0 spiro atoms. The summed E-state index contributed by atoms with van der Waals surface area (Å²) in [4.78, 5) is 4.08. The number of nitrogens with two attached hydrogens (primary N) is 1. The Morgan fingerprint density at radius 1 is 1.32 bits per heavy atom. The van der Waals surface area contributed by atoms with Crippen LogP contribution in [0.3, 0.4) is 0 Å². The number of nitrogens with one attached hydrogen (secondary N) is 1. The fourth-order valence-electron chi connectivity index (χ4n) is 2.39. The third kappa shape index (κ3) is 2.07. The van der Waals surface area contributed by atoms with Crippen LogP contribution in [0.2, 0.25) is 0 Å². The summed E-state index contributed by atoms with van der Waals surface area (Å²) in [5.74, 6) is 5.99. The highest BCUT2D eigenvalue weighted by Crippen LogP contribution is 2.35. The molecule has 1 aliphatic rings. The summed E-state index contributed by atoms with van der Waals surface area (Å²) in [6.45, 7) is 0.647. The molecule has 2 aromatic rings. The lowest BCUT2D eigenvalue weighted by atomic mass is 9.99. The van der Waals surface area contributed by atoms with Crippen LogP contribution in [0.4, 0.5) is 4.39 Å². The minimum Gasteiger partial charge on any atom is -0.493 e. The summed E-state index contributed by atoms with van der Waals surface area (Å²) in [5.41, 5.74) is 4.83. The zero-order valence-electron chi connectivity index (χ0n) is 10.3. The number of nitrogens with zero attached hydrogens (tertiary/aromatic N) is 1. The second-order valence-electron chi connectivity index (χ2n) is 4.40. The second-order valence-corrected chi connectivity index (χ2v) is 4.40. The van der Waals surface area contributed by atoms with Crippen molar-refractivity contribution >= 4 is 0 Å². The largest absolute Gasteiger partial charge is 0.493 e. The molecular weight excluding hydrogens is 245 g/mol. The van der Waals surface area contributed by atoms with Gasteiger partial charge in [-0.25, -0.2) is 9.82 Å². The van der Waals surface area contributed by atoms with Gasteiger partial charge in [-0.15, -0.1) is 0 Å². The molecule has 0 radical (unpaired) electrons. The molecule has 98 valence electrons. The van der Waals surface area contributed by atoms with Crippen molar-refractivity contribution in [3.8, 4) is 5.75 Å².